The van der Waals surface area contributed by atoms with E-state index in [1.807, 2.05) is 24.3 Å². The molecule has 1 aromatic heterocycles. The summed E-state index contributed by atoms with van der Waals surface area (Å²) in [4.78, 5) is 19.4. The summed E-state index contributed by atoms with van der Waals surface area (Å²) in [6, 6.07) is 7.84. The third-order valence-electron chi connectivity index (χ3n) is 3.07. The topological polar surface area (TPSA) is 55.0 Å². The van der Waals surface area contributed by atoms with E-state index in [0.717, 1.165) is 23.2 Å². The normalized spacial score (nSPS) is 11.1. The van der Waals surface area contributed by atoms with Crippen LogP contribution in [0.4, 0.5) is 0 Å². The largest absolute Gasteiger partial charge is 0.380 e. The van der Waals surface area contributed by atoms with Crippen LogP contribution >= 0.6 is 15.9 Å². The molecule has 0 aliphatic carbocycles. The van der Waals surface area contributed by atoms with Gasteiger partial charge in [0.25, 0.3) is 5.56 Å². The van der Waals surface area contributed by atoms with Gasteiger partial charge in [-0.15, -0.1) is 0 Å². The lowest BCUT2D eigenvalue weighted by Crippen LogP contribution is -2.15. The average molecular weight is 351 g/mol. The van der Waals surface area contributed by atoms with E-state index in [2.05, 4.69) is 39.7 Å². The molecule has 0 saturated heterocycles. The van der Waals surface area contributed by atoms with Gasteiger partial charge in [-0.3, -0.25) is 4.79 Å². The van der Waals surface area contributed by atoms with E-state index in [-0.39, 0.29) is 5.56 Å². The van der Waals surface area contributed by atoms with Gasteiger partial charge < -0.3 is 9.72 Å². The maximum Gasteiger partial charge on any atom is 0.265 e. The van der Waals surface area contributed by atoms with Gasteiger partial charge in [0.2, 0.25) is 0 Å². The van der Waals surface area contributed by atoms with Gasteiger partial charge in [-0.1, -0.05) is 38.1 Å². The summed E-state index contributed by atoms with van der Waals surface area (Å²) in [7, 11) is 1.67. The lowest BCUT2D eigenvalue weighted by molar-refractivity contribution is 0.185. The van der Waals surface area contributed by atoms with Crippen molar-refractivity contribution in [2.24, 2.45) is 5.92 Å². The number of nitrogens with one attached hydrogen (secondary N) is 1. The molecular weight excluding hydrogens is 332 g/mol. The summed E-state index contributed by atoms with van der Waals surface area (Å²) >= 11 is 3.32. The minimum Gasteiger partial charge on any atom is -0.380 e. The van der Waals surface area contributed by atoms with Crippen LogP contribution < -0.4 is 5.56 Å². The molecule has 0 unspecified atom stereocenters. The van der Waals surface area contributed by atoms with E-state index < -0.39 is 0 Å². The number of halogens is 1. The van der Waals surface area contributed by atoms with Crippen LogP contribution in [0.3, 0.4) is 0 Å². The zero-order valence-corrected chi connectivity index (χ0v) is 14.0. The van der Waals surface area contributed by atoms with Crippen LogP contribution in [0.5, 0.6) is 0 Å². The number of benzene rings is 1. The maximum atomic E-state index is 12.0. The minimum atomic E-state index is -0.142. The standard InChI is InChI=1S/C16H19BrN2O2/c1-10(2)8-13-14(17)16(20)19-15(18-13)12-6-4-11(5-7-12)9-21-3/h4-7,10H,8-9H2,1-3H3,(H,18,19,20). The fourth-order valence-electron chi connectivity index (χ4n) is 2.09. The molecule has 112 valence electrons. The molecule has 0 spiro atoms. The fraction of sp³-hybridized carbons (Fsp3) is 0.375. The number of aromatic amines is 1. The summed E-state index contributed by atoms with van der Waals surface area (Å²) in [5, 5.41) is 0. The molecule has 0 atom stereocenters. The number of rotatable bonds is 5. The highest BCUT2D eigenvalue weighted by Gasteiger charge is 2.11. The Morgan fingerprint density at radius 3 is 2.52 bits per heavy atom. The van der Waals surface area contributed by atoms with Crippen molar-refractivity contribution in [3.8, 4) is 11.4 Å². The molecular formula is C16H19BrN2O2. The van der Waals surface area contributed by atoms with Crippen LogP contribution in [-0.2, 0) is 17.8 Å². The molecule has 4 nitrogen and oxygen atoms in total. The highest BCUT2D eigenvalue weighted by Crippen LogP contribution is 2.19. The van der Waals surface area contributed by atoms with Gasteiger partial charge in [0.05, 0.1) is 12.3 Å². The number of ether oxygens (including phenoxy) is 1. The first-order chi connectivity index (χ1) is 10.0. The summed E-state index contributed by atoms with van der Waals surface area (Å²) in [5.74, 6) is 1.04. The second-order valence-electron chi connectivity index (χ2n) is 5.40. The first kappa shape index (κ1) is 15.9. The SMILES string of the molecule is COCc1ccc(-c2nc(CC(C)C)c(Br)c(=O)[nH]2)cc1. The Morgan fingerprint density at radius 1 is 1.29 bits per heavy atom. The number of hydrogen-bond donors (Lipinski definition) is 1. The van der Waals surface area contributed by atoms with Crippen LogP contribution in [0.1, 0.15) is 25.1 Å². The Hall–Kier alpha value is -1.46. The maximum absolute atomic E-state index is 12.0. The lowest BCUT2D eigenvalue weighted by atomic mass is 10.1. The summed E-state index contributed by atoms with van der Waals surface area (Å²) in [5.41, 5.74) is 2.63. The van der Waals surface area contributed by atoms with Gasteiger partial charge in [0.1, 0.15) is 10.3 Å². The van der Waals surface area contributed by atoms with E-state index >= 15 is 0 Å². The first-order valence-electron chi connectivity index (χ1n) is 6.88. The molecule has 0 amide bonds. The quantitative estimate of drug-likeness (QED) is 0.896. The van der Waals surface area contributed by atoms with E-state index in [0.29, 0.717) is 22.8 Å². The highest BCUT2D eigenvalue weighted by molar-refractivity contribution is 9.10. The predicted molar refractivity (Wildman–Crippen MR) is 87.2 cm³/mol. The summed E-state index contributed by atoms with van der Waals surface area (Å²) < 4.78 is 5.62. The van der Waals surface area contributed by atoms with Crippen molar-refractivity contribution in [3.05, 3.63) is 50.3 Å². The van der Waals surface area contributed by atoms with Crippen molar-refractivity contribution in [3.63, 3.8) is 0 Å². The molecule has 5 heteroatoms. The fourth-order valence-corrected chi connectivity index (χ4v) is 2.44. The number of H-pyrrole nitrogens is 1. The van der Waals surface area contributed by atoms with Crippen molar-refractivity contribution in [2.75, 3.05) is 7.11 Å². The first-order valence-corrected chi connectivity index (χ1v) is 7.67. The Bertz CT molecular complexity index is 663. The molecule has 0 radical (unpaired) electrons. The van der Waals surface area contributed by atoms with Crippen molar-refractivity contribution in [1.82, 2.24) is 9.97 Å². The van der Waals surface area contributed by atoms with Gasteiger partial charge in [-0.2, -0.15) is 0 Å². The molecule has 0 aliphatic heterocycles. The number of hydrogen-bond acceptors (Lipinski definition) is 3. The molecule has 0 aliphatic rings. The third kappa shape index (κ3) is 4.02. The van der Waals surface area contributed by atoms with Crippen LogP contribution in [0.2, 0.25) is 0 Å². The number of methoxy groups -OCH3 is 1. The molecule has 1 N–H and O–H groups in total. The Balaban J connectivity index is 2.39. The molecule has 1 heterocycles. The van der Waals surface area contributed by atoms with Crippen LogP contribution in [0.15, 0.2) is 33.5 Å². The van der Waals surface area contributed by atoms with Crippen molar-refractivity contribution >= 4 is 15.9 Å². The van der Waals surface area contributed by atoms with Gasteiger partial charge in [0, 0.05) is 12.7 Å². The summed E-state index contributed by atoms with van der Waals surface area (Å²) in [6.45, 7) is 4.78. The van der Waals surface area contributed by atoms with E-state index in [1.54, 1.807) is 7.11 Å². The zero-order chi connectivity index (χ0) is 15.4. The van der Waals surface area contributed by atoms with E-state index in [1.165, 1.54) is 0 Å². The van der Waals surface area contributed by atoms with Gasteiger partial charge in [-0.25, -0.2) is 4.98 Å². The van der Waals surface area contributed by atoms with Crippen LogP contribution in [-0.4, -0.2) is 17.1 Å². The van der Waals surface area contributed by atoms with Crippen molar-refractivity contribution in [2.45, 2.75) is 26.9 Å². The average Bonchev–Trinajstić information content (AvgIpc) is 2.44. The Kier molecular flexibility index (Phi) is 5.31. The molecule has 1 aromatic carbocycles. The Labute approximate surface area is 132 Å². The second kappa shape index (κ2) is 7.00. The monoisotopic (exact) mass is 350 g/mol. The van der Waals surface area contributed by atoms with Gasteiger partial charge >= 0.3 is 0 Å². The lowest BCUT2D eigenvalue weighted by Gasteiger charge is -2.09. The molecule has 2 aromatic rings. The van der Waals surface area contributed by atoms with Crippen LogP contribution in [0.25, 0.3) is 11.4 Å². The minimum absolute atomic E-state index is 0.142. The van der Waals surface area contributed by atoms with Gasteiger partial charge in [0.15, 0.2) is 0 Å². The van der Waals surface area contributed by atoms with E-state index in [9.17, 15) is 4.79 Å². The third-order valence-corrected chi connectivity index (χ3v) is 3.89. The number of aromatic nitrogens is 2. The second-order valence-corrected chi connectivity index (χ2v) is 6.20. The van der Waals surface area contributed by atoms with Gasteiger partial charge in [-0.05, 0) is 33.8 Å². The number of nitrogens with zero attached hydrogens (tertiary/aromatic N) is 1. The highest BCUT2D eigenvalue weighted by atomic mass is 79.9. The molecule has 2 rings (SSSR count). The predicted octanol–water partition coefficient (Wildman–Crippen LogP) is 3.54. The van der Waals surface area contributed by atoms with Crippen LogP contribution in [0, 0.1) is 5.92 Å². The smallest absolute Gasteiger partial charge is 0.265 e. The van der Waals surface area contributed by atoms with E-state index in [4.69, 9.17) is 4.74 Å². The van der Waals surface area contributed by atoms with Crippen molar-refractivity contribution < 1.29 is 4.74 Å². The molecule has 0 saturated carbocycles. The van der Waals surface area contributed by atoms with Crippen molar-refractivity contribution in [1.29, 1.82) is 0 Å². The molecule has 21 heavy (non-hydrogen) atoms. The summed E-state index contributed by atoms with van der Waals surface area (Å²) in [6.07, 6.45) is 0.763. The molecule has 0 fully saturated rings. The molecule has 0 bridgehead atoms. The zero-order valence-electron chi connectivity index (χ0n) is 12.4. The Morgan fingerprint density at radius 2 is 1.95 bits per heavy atom.